The molecule has 9 nitrogen and oxygen atoms in total. The van der Waals surface area contributed by atoms with Gasteiger partial charge in [-0.3, -0.25) is 0 Å². The summed E-state index contributed by atoms with van der Waals surface area (Å²) in [5.74, 6) is 0.836. The molecular formula is C11H11N7O2. The van der Waals surface area contributed by atoms with Crippen molar-refractivity contribution in [3.05, 3.63) is 30.3 Å². The van der Waals surface area contributed by atoms with E-state index in [2.05, 4.69) is 30.4 Å². The van der Waals surface area contributed by atoms with Crippen LogP contribution in [0.4, 0.5) is 5.82 Å². The minimum absolute atomic E-state index is 0.113. The average Bonchev–Trinajstić information content (AvgIpc) is 3.10. The van der Waals surface area contributed by atoms with E-state index in [1.54, 1.807) is 0 Å². The van der Waals surface area contributed by atoms with Crippen molar-refractivity contribution < 1.29 is 9.37 Å². The number of nitrogen functional groups attached to an aromatic ring is 1. The lowest BCUT2D eigenvalue weighted by molar-refractivity contribution is 0.239. The molecule has 3 aromatic rings. The van der Waals surface area contributed by atoms with Gasteiger partial charge in [0.2, 0.25) is 11.6 Å². The Morgan fingerprint density at radius 1 is 1.20 bits per heavy atom. The molecule has 0 aliphatic heterocycles. The van der Waals surface area contributed by atoms with Crippen LogP contribution in [0.15, 0.2) is 35.0 Å². The van der Waals surface area contributed by atoms with Crippen molar-refractivity contribution in [1.29, 1.82) is 0 Å². The standard InChI is InChI=1S/C11H11N7O2/c12-9-11(16-20-15-9)19-7-6-18-14-10(13-17-18)8-4-2-1-3-5-8/h1-5H,6-7H2,(H2,12,15). The smallest absolute Gasteiger partial charge is 0.300 e. The maximum absolute atomic E-state index is 5.46. The number of ether oxygens (including phenoxy) is 1. The van der Waals surface area contributed by atoms with Crippen LogP contribution in [0.3, 0.4) is 0 Å². The van der Waals surface area contributed by atoms with Gasteiger partial charge in [0, 0.05) is 5.56 Å². The molecule has 0 spiro atoms. The summed E-state index contributed by atoms with van der Waals surface area (Å²) in [6.07, 6.45) is 0. The molecule has 2 heterocycles. The number of hydrogen-bond acceptors (Lipinski definition) is 8. The number of nitrogens with two attached hydrogens (primary N) is 1. The first-order chi connectivity index (χ1) is 9.83. The molecule has 0 radical (unpaired) electrons. The van der Waals surface area contributed by atoms with Crippen LogP contribution in [0.1, 0.15) is 0 Å². The number of anilines is 1. The zero-order valence-corrected chi connectivity index (χ0v) is 10.4. The minimum atomic E-state index is 0.113. The van der Waals surface area contributed by atoms with E-state index in [4.69, 9.17) is 10.5 Å². The second-order valence-electron chi connectivity index (χ2n) is 3.88. The fraction of sp³-hybridized carbons (Fsp3) is 0.182. The highest BCUT2D eigenvalue weighted by Crippen LogP contribution is 2.14. The fourth-order valence-electron chi connectivity index (χ4n) is 1.55. The number of benzene rings is 1. The molecule has 102 valence electrons. The first kappa shape index (κ1) is 12.1. The van der Waals surface area contributed by atoms with E-state index in [1.807, 2.05) is 30.3 Å². The maximum Gasteiger partial charge on any atom is 0.300 e. The van der Waals surface area contributed by atoms with Crippen LogP contribution in [0.2, 0.25) is 0 Å². The van der Waals surface area contributed by atoms with Crippen LogP contribution >= 0.6 is 0 Å². The summed E-state index contributed by atoms with van der Waals surface area (Å²) in [6.45, 7) is 0.690. The van der Waals surface area contributed by atoms with Crippen LogP contribution in [0, 0.1) is 0 Å². The molecular weight excluding hydrogens is 262 g/mol. The molecule has 0 saturated heterocycles. The van der Waals surface area contributed by atoms with Gasteiger partial charge >= 0.3 is 0 Å². The van der Waals surface area contributed by atoms with E-state index in [0.717, 1.165) is 5.56 Å². The minimum Gasteiger partial charge on any atom is -0.471 e. The summed E-state index contributed by atoms with van der Waals surface area (Å²) in [4.78, 5) is 1.44. The second-order valence-corrected chi connectivity index (χ2v) is 3.88. The van der Waals surface area contributed by atoms with Gasteiger partial charge in [-0.25, -0.2) is 4.63 Å². The molecule has 0 atom stereocenters. The van der Waals surface area contributed by atoms with Gasteiger partial charge in [-0.15, -0.1) is 10.2 Å². The van der Waals surface area contributed by atoms with Crippen LogP contribution in [0.5, 0.6) is 5.88 Å². The van der Waals surface area contributed by atoms with E-state index >= 15 is 0 Å². The fourth-order valence-corrected chi connectivity index (χ4v) is 1.55. The van der Waals surface area contributed by atoms with Crippen molar-refractivity contribution in [3.63, 3.8) is 0 Å². The molecule has 0 bridgehead atoms. The van der Waals surface area contributed by atoms with Gasteiger partial charge in [0.15, 0.2) is 0 Å². The second kappa shape index (κ2) is 5.34. The lowest BCUT2D eigenvalue weighted by Gasteiger charge is -2.00. The first-order valence-corrected chi connectivity index (χ1v) is 5.87. The van der Waals surface area contributed by atoms with Crippen molar-refractivity contribution in [2.45, 2.75) is 6.54 Å². The third-order valence-electron chi connectivity index (χ3n) is 2.50. The Morgan fingerprint density at radius 3 is 2.80 bits per heavy atom. The molecule has 2 N–H and O–H groups in total. The lowest BCUT2D eigenvalue weighted by atomic mass is 10.2. The Balaban J connectivity index is 1.59. The van der Waals surface area contributed by atoms with Crippen molar-refractivity contribution >= 4 is 5.82 Å². The predicted molar refractivity (Wildman–Crippen MR) is 67.5 cm³/mol. The zero-order valence-electron chi connectivity index (χ0n) is 10.4. The quantitative estimate of drug-likeness (QED) is 0.709. The van der Waals surface area contributed by atoms with Crippen LogP contribution in [0.25, 0.3) is 11.4 Å². The molecule has 0 saturated carbocycles. The van der Waals surface area contributed by atoms with Crippen LogP contribution in [-0.4, -0.2) is 37.1 Å². The Hall–Kier alpha value is -2.97. The Kier molecular flexibility index (Phi) is 3.23. The molecule has 0 aliphatic rings. The van der Waals surface area contributed by atoms with E-state index < -0.39 is 0 Å². The van der Waals surface area contributed by atoms with Crippen LogP contribution in [-0.2, 0) is 6.54 Å². The zero-order chi connectivity index (χ0) is 13.8. The Bertz CT molecular complexity index is 679. The van der Waals surface area contributed by atoms with Crippen molar-refractivity contribution in [2.24, 2.45) is 0 Å². The van der Waals surface area contributed by atoms with Crippen molar-refractivity contribution in [3.8, 4) is 17.3 Å². The average molecular weight is 273 g/mol. The van der Waals surface area contributed by atoms with E-state index in [-0.39, 0.29) is 18.3 Å². The highest BCUT2D eigenvalue weighted by atomic mass is 16.6. The Morgan fingerprint density at radius 2 is 2.05 bits per heavy atom. The van der Waals surface area contributed by atoms with Gasteiger partial charge in [0.1, 0.15) is 6.61 Å². The highest BCUT2D eigenvalue weighted by molar-refractivity contribution is 5.52. The largest absolute Gasteiger partial charge is 0.471 e. The number of rotatable bonds is 5. The molecule has 9 heteroatoms. The highest BCUT2D eigenvalue weighted by Gasteiger charge is 2.08. The summed E-state index contributed by atoms with van der Waals surface area (Å²) in [7, 11) is 0. The van der Waals surface area contributed by atoms with E-state index in [1.165, 1.54) is 4.80 Å². The third-order valence-corrected chi connectivity index (χ3v) is 2.50. The molecule has 0 amide bonds. The molecule has 3 rings (SSSR count). The number of tetrazole rings is 1. The van der Waals surface area contributed by atoms with E-state index in [0.29, 0.717) is 12.4 Å². The molecule has 0 aliphatic carbocycles. The predicted octanol–water partition coefficient (Wildman–Crippen LogP) is 0.384. The van der Waals surface area contributed by atoms with Crippen molar-refractivity contribution in [2.75, 3.05) is 12.3 Å². The van der Waals surface area contributed by atoms with Gasteiger partial charge in [-0.05, 0) is 15.5 Å². The van der Waals surface area contributed by atoms with Gasteiger partial charge < -0.3 is 10.5 Å². The summed E-state index contributed by atoms with van der Waals surface area (Å²) in [5.41, 5.74) is 6.36. The summed E-state index contributed by atoms with van der Waals surface area (Å²) in [5, 5.41) is 19.1. The van der Waals surface area contributed by atoms with Gasteiger partial charge in [0.25, 0.3) is 5.88 Å². The molecule has 2 aromatic heterocycles. The monoisotopic (exact) mass is 273 g/mol. The summed E-state index contributed by atoms with van der Waals surface area (Å²) < 4.78 is 9.68. The van der Waals surface area contributed by atoms with E-state index in [9.17, 15) is 0 Å². The number of nitrogens with zero attached hydrogens (tertiary/aromatic N) is 6. The topological polar surface area (TPSA) is 118 Å². The Labute approximate surface area is 113 Å². The molecule has 1 aromatic carbocycles. The van der Waals surface area contributed by atoms with Crippen molar-refractivity contribution in [1.82, 2.24) is 30.5 Å². The molecule has 0 unspecified atom stereocenters. The van der Waals surface area contributed by atoms with Gasteiger partial charge in [-0.2, -0.15) is 4.80 Å². The van der Waals surface area contributed by atoms with Gasteiger partial charge in [0.05, 0.1) is 6.54 Å². The van der Waals surface area contributed by atoms with Gasteiger partial charge in [-0.1, -0.05) is 30.3 Å². The summed E-state index contributed by atoms with van der Waals surface area (Å²) in [6, 6.07) is 9.59. The molecule has 20 heavy (non-hydrogen) atoms. The normalized spacial score (nSPS) is 10.6. The van der Waals surface area contributed by atoms with Crippen LogP contribution < -0.4 is 10.5 Å². The number of aromatic nitrogens is 6. The lowest BCUT2D eigenvalue weighted by Crippen LogP contribution is -2.11. The SMILES string of the molecule is Nc1nonc1OCCn1nnc(-c2ccccc2)n1. The maximum atomic E-state index is 5.46. The first-order valence-electron chi connectivity index (χ1n) is 5.87. The molecule has 0 fully saturated rings. The number of hydrogen-bond donors (Lipinski definition) is 1. The third kappa shape index (κ3) is 2.55. The summed E-state index contributed by atoms with van der Waals surface area (Å²) >= 11 is 0.